The van der Waals surface area contributed by atoms with Gasteiger partial charge in [-0.3, -0.25) is 9.59 Å². The van der Waals surface area contributed by atoms with E-state index in [9.17, 15) is 9.59 Å². The van der Waals surface area contributed by atoms with Crippen molar-refractivity contribution in [3.63, 3.8) is 0 Å². The number of Topliss-reactive ketones (excluding diaryl/α,β-unsaturated/α-hetero) is 1. The minimum absolute atomic E-state index is 0.129. The van der Waals surface area contributed by atoms with E-state index >= 15 is 0 Å². The minimum Gasteiger partial charge on any atom is -0.493 e. The quantitative estimate of drug-likeness (QED) is 0.374. The van der Waals surface area contributed by atoms with E-state index in [4.69, 9.17) is 23.7 Å². The number of carbonyl (C=O) groups excluding carboxylic acids is 2. The number of ether oxygens (including phenoxy) is 5. The van der Waals surface area contributed by atoms with E-state index in [2.05, 4.69) is 4.57 Å². The van der Waals surface area contributed by atoms with E-state index in [1.54, 1.807) is 26.4 Å². The molecule has 0 aliphatic carbocycles. The van der Waals surface area contributed by atoms with Gasteiger partial charge in [0.25, 0.3) is 0 Å². The van der Waals surface area contributed by atoms with Gasteiger partial charge in [-0.05, 0) is 56.9 Å². The zero-order valence-electron chi connectivity index (χ0n) is 20.1. The molecule has 1 saturated heterocycles. The Morgan fingerprint density at radius 1 is 1.06 bits per heavy atom. The molecule has 1 aromatic heterocycles. The molecule has 8 nitrogen and oxygen atoms in total. The summed E-state index contributed by atoms with van der Waals surface area (Å²) in [6.07, 6.45) is 2.83. The number of aryl methyl sites for hydroxylation is 2. The fourth-order valence-corrected chi connectivity index (χ4v) is 4.18. The Labute approximate surface area is 194 Å². The lowest BCUT2D eigenvalue weighted by molar-refractivity contribution is -0.142. The second-order valence-corrected chi connectivity index (χ2v) is 8.15. The van der Waals surface area contributed by atoms with Crippen molar-refractivity contribution in [1.29, 1.82) is 0 Å². The molecule has 1 aliphatic heterocycles. The molecule has 33 heavy (non-hydrogen) atoms. The highest BCUT2D eigenvalue weighted by atomic mass is 16.5. The van der Waals surface area contributed by atoms with Gasteiger partial charge in [-0.2, -0.15) is 0 Å². The van der Waals surface area contributed by atoms with Crippen LogP contribution in [0, 0.1) is 13.8 Å². The molecule has 0 bridgehead atoms. The Kier molecular flexibility index (Phi) is 8.38. The van der Waals surface area contributed by atoms with Crippen LogP contribution in [-0.4, -0.2) is 57.0 Å². The lowest BCUT2D eigenvalue weighted by Gasteiger charge is -2.15. The van der Waals surface area contributed by atoms with Gasteiger partial charge in [0.1, 0.15) is 0 Å². The summed E-state index contributed by atoms with van der Waals surface area (Å²) in [6.45, 7) is 5.14. The molecule has 0 N–H and O–H groups in total. The highest BCUT2D eigenvalue weighted by Gasteiger charge is 2.22. The summed E-state index contributed by atoms with van der Waals surface area (Å²) < 4.78 is 29.1. The number of ketones is 1. The molecule has 1 aliphatic rings. The van der Waals surface area contributed by atoms with Crippen molar-refractivity contribution < 1.29 is 33.3 Å². The number of methoxy groups -OCH3 is 3. The van der Waals surface area contributed by atoms with Gasteiger partial charge < -0.3 is 28.3 Å². The fourth-order valence-electron chi connectivity index (χ4n) is 4.18. The van der Waals surface area contributed by atoms with Crippen LogP contribution in [0.25, 0.3) is 0 Å². The van der Waals surface area contributed by atoms with Crippen LogP contribution in [0.3, 0.4) is 0 Å². The molecule has 3 rings (SSSR count). The summed E-state index contributed by atoms with van der Waals surface area (Å²) in [5.41, 5.74) is 3.30. The van der Waals surface area contributed by atoms with Crippen LogP contribution in [0.4, 0.5) is 0 Å². The fraction of sp³-hybridized carbons (Fsp3) is 0.520. The molecule has 0 radical (unpaired) electrons. The van der Waals surface area contributed by atoms with Crippen molar-refractivity contribution in [2.24, 2.45) is 0 Å². The maximum atomic E-state index is 12.7. The SMILES string of the molecule is COc1cc(CCC(=O)OCC(=O)c2cc(C)n(C[C@H]3CCCO3)c2C)cc(OC)c1OC. The van der Waals surface area contributed by atoms with Gasteiger partial charge >= 0.3 is 5.97 Å². The van der Waals surface area contributed by atoms with Crippen LogP contribution in [0.5, 0.6) is 17.2 Å². The number of nitrogens with zero attached hydrogens (tertiary/aromatic N) is 1. The number of benzene rings is 1. The monoisotopic (exact) mass is 459 g/mol. The highest BCUT2D eigenvalue weighted by Crippen LogP contribution is 2.38. The number of aromatic nitrogens is 1. The molecule has 0 saturated carbocycles. The molecule has 1 atom stereocenters. The van der Waals surface area contributed by atoms with E-state index < -0.39 is 5.97 Å². The number of rotatable bonds is 11. The second kappa shape index (κ2) is 11.2. The molecule has 0 unspecified atom stereocenters. The topological polar surface area (TPSA) is 85.2 Å². The standard InChI is InChI=1S/C25H33NO7/c1-16-11-20(17(2)26(16)14-19-7-6-10-32-19)21(27)15-33-24(28)9-8-18-12-22(29-3)25(31-5)23(13-18)30-4/h11-13,19H,6-10,14-15H2,1-5H3/t19-/m1/s1. The average molecular weight is 460 g/mol. The van der Waals surface area contributed by atoms with Gasteiger partial charge in [-0.1, -0.05) is 0 Å². The molecular formula is C25H33NO7. The van der Waals surface area contributed by atoms with Crippen molar-refractivity contribution >= 4 is 11.8 Å². The summed E-state index contributed by atoms with van der Waals surface area (Å²) in [7, 11) is 4.62. The van der Waals surface area contributed by atoms with E-state index in [0.717, 1.165) is 42.9 Å². The van der Waals surface area contributed by atoms with Crippen LogP contribution < -0.4 is 14.2 Å². The first-order chi connectivity index (χ1) is 15.9. The predicted molar refractivity (Wildman–Crippen MR) is 123 cm³/mol. The second-order valence-electron chi connectivity index (χ2n) is 8.15. The number of carbonyl (C=O) groups is 2. The molecule has 2 heterocycles. The zero-order chi connectivity index (χ0) is 24.0. The van der Waals surface area contributed by atoms with Gasteiger partial charge in [-0.25, -0.2) is 0 Å². The molecular weight excluding hydrogens is 426 g/mol. The van der Waals surface area contributed by atoms with Crippen LogP contribution in [0.2, 0.25) is 0 Å². The van der Waals surface area contributed by atoms with Crippen molar-refractivity contribution in [3.8, 4) is 17.2 Å². The Hall–Kier alpha value is -3.00. The van der Waals surface area contributed by atoms with Crippen molar-refractivity contribution in [3.05, 3.63) is 40.7 Å². The van der Waals surface area contributed by atoms with Gasteiger partial charge in [-0.15, -0.1) is 0 Å². The lowest BCUT2D eigenvalue weighted by Crippen LogP contribution is -2.18. The smallest absolute Gasteiger partial charge is 0.306 e. The molecule has 1 fully saturated rings. The third-order valence-electron chi connectivity index (χ3n) is 5.99. The summed E-state index contributed by atoms with van der Waals surface area (Å²) in [6, 6.07) is 5.45. The average Bonchev–Trinajstić information content (AvgIpc) is 3.44. The van der Waals surface area contributed by atoms with Crippen LogP contribution in [-0.2, 0) is 27.2 Å². The predicted octanol–water partition coefficient (Wildman–Crippen LogP) is 3.67. The Morgan fingerprint density at radius 3 is 2.33 bits per heavy atom. The summed E-state index contributed by atoms with van der Waals surface area (Å²) in [4.78, 5) is 25.0. The largest absolute Gasteiger partial charge is 0.493 e. The number of hydrogen-bond donors (Lipinski definition) is 0. The number of esters is 1. The van der Waals surface area contributed by atoms with Gasteiger partial charge in [0.2, 0.25) is 11.5 Å². The van der Waals surface area contributed by atoms with Gasteiger partial charge in [0.15, 0.2) is 18.1 Å². The minimum atomic E-state index is -0.440. The van der Waals surface area contributed by atoms with E-state index in [1.165, 1.54) is 7.11 Å². The van der Waals surface area contributed by atoms with Gasteiger partial charge in [0, 0.05) is 36.5 Å². The highest BCUT2D eigenvalue weighted by molar-refractivity contribution is 5.99. The lowest BCUT2D eigenvalue weighted by atomic mass is 10.1. The van der Waals surface area contributed by atoms with Gasteiger partial charge in [0.05, 0.1) is 27.4 Å². The molecule has 8 heteroatoms. The van der Waals surface area contributed by atoms with Crippen molar-refractivity contribution in [2.75, 3.05) is 34.5 Å². The summed E-state index contributed by atoms with van der Waals surface area (Å²) in [5.74, 6) is 0.893. The normalized spacial score (nSPS) is 15.4. The summed E-state index contributed by atoms with van der Waals surface area (Å²) in [5, 5.41) is 0. The van der Waals surface area contributed by atoms with E-state index in [1.807, 2.05) is 19.9 Å². The van der Waals surface area contributed by atoms with Crippen molar-refractivity contribution in [2.45, 2.75) is 52.2 Å². The van der Waals surface area contributed by atoms with Crippen LogP contribution >= 0.6 is 0 Å². The maximum Gasteiger partial charge on any atom is 0.306 e. The third kappa shape index (κ3) is 5.87. The molecule has 0 spiro atoms. The Morgan fingerprint density at radius 2 is 1.76 bits per heavy atom. The number of hydrogen-bond acceptors (Lipinski definition) is 7. The molecule has 1 aromatic carbocycles. The Balaban J connectivity index is 1.55. The maximum absolute atomic E-state index is 12.7. The van der Waals surface area contributed by atoms with E-state index in [-0.39, 0.29) is 24.9 Å². The first-order valence-corrected chi connectivity index (χ1v) is 11.1. The van der Waals surface area contributed by atoms with Crippen LogP contribution in [0.1, 0.15) is 46.6 Å². The Bertz CT molecular complexity index is 964. The third-order valence-corrected chi connectivity index (χ3v) is 5.99. The molecule has 0 amide bonds. The zero-order valence-corrected chi connectivity index (χ0v) is 20.1. The van der Waals surface area contributed by atoms with E-state index in [0.29, 0.717) is 29.2 Å². The first-order valence-electron chi connectivity index (χ1n) is 11.1. The van der Waals surface area contributed by atoms with Crippen molar-refractivity contribution in [1.82, 2.24) is 4.57 Å². The summed E-state index contributed by atoms with van der Waals surface area (Å²) >= 11 is 0. The first kappa shape index (κ1) is 24.6. The van der Waals surface area contributed by atoms with Crippen LogP contribution in [0.15, 0.2) is 18.2 Å². The molecule has 2 aromatic rings. The molecule has 180 valence electrons.